The zero-order chi connectivity index (χ0) is 18.1. The monoisotopic (exact) mass is 367 g/mol. The number of hydrogen-bond donors (Lipinski definition) is 1. The van der Waals surface area contributed by atoms with Gasteiger partial charge in [0.2, 0.25) is 0 Å². The van der Waals surface area contributed by atoms with E-state index in [0.717, 1.165) is 25.9 Å². The third-order valence-corrected chi connectivity index (χ3v) is 4.09. The topological polar surface area (TPSA) is 58.2 Å². The molecule has 1 aromatic rings. The summed E-state index contributed by atoms with van der Waals surface area (Å²) in [5.41, 5.74) is 1.18. The SMILES string of the molecule is c1ccc(COCCOCCOCCOCCOC2CCNCC2)cc1. The van der Waals surface area contributed by atoms with Gasteiger partial charge in [0.1, 0.15) is 0 Å². The van der Waals surface area contributed by atoms with Crippen LogP contribution in [0.25, 0.3) is 0 Å². The van der Waals surface area contributed by atoms with Crippen molar-refractivity contribution in [2.75, 3.05) is 65.9 Å². The molecule has 1 N–H and O–H groups in total. The Kier molecular flexibility index (Phi) is 12.3. The van der Waals surface area contributed by atoms with Crippen molar-refractivity contribution >= 4 is 0 Å². The van der Waals surface area contributed by atoms with Gasteiger partial charge in [-0.25, -0.2) is 0 Å². The van der Waals surface area contributed by atoms with Crippen molar-refractivity contribution in [3.8, 4) is 0 Å². The Morgan fingerprint density at radius 3 is 1.85 bits per heavy atom. The predicted molar refractivity (Wildman–Crippen MR) is 100 cm³/mol. The fourth-order valence-electron chi connectivity index (χ4n) is 2.66. The van der Waals surface area contributed by atoms with E-state index >= 15 is 0 Å². The van der Waals surface area contributed by atoms with E-state index in [2.05, 4.69) is 17.4 Å². The van der Waals surface area contributed by atoms with Gasteiger partial charge in [-0.1, -0.05) is 30.3 Å². The summed E-state index contributed by atoms with van der Waals surface area (Å²) in [4.78, 5) is 0. The van der Waals surface area contributed by atoms with Crippen LogP contribution in [0, 0.1) is 0 Å². The Balaban J connectivity index is 1.25. The minimum Gasteiger partial charge on any atom is -0.377 e. The van der Waals surface area contributed by atoms with Crippen LogP contribution in [0.5, 0.6) is 0 Å². The summed E-state index contributed by atoms with van der Waals surface area (Å²) in [5, 5.41) is 3.33. The number of rotatable bonds is 15. The third kappa shape index (κ3) is 10.9. The van der Waals surface area contributed by atoms with Crippen molar-refractivity contribution in [1.29, 1.82) is 0 Å². The average molecular weight is 367 g/mol. The molecule has 1 aliphatic heterocycles. The lowest BCUT2D eigenvalue weighted by Crippen LogP contribution is -2.33. The Labute approximate surface area is 157 Å². The highest BCUT2D eigenvalue weighted by atomic mass is 16.6. The molecule has 0 aromatic heterocycles. The van der Waals surface area contributed by atoms with Gasteiger partial charge in [0.15, 0.2) is 0 Å². The van der Waals surface area contributed by atoms with Crippen LogP contribution in [0.2, 0.25) is 0 Å². The molecule has 2 rings (SSSR count). The van der Waals surface area contributed by atoms with Gasteiger partial charge >= 0.3 is 0 Å². The number of piperidine rings is 1. The number of hydrogen-bond acceptors (Lipinski definition) is 6. The van der Waals surface area contributed by atoms with Crippen molar-refractivity contribution in [2.24, 2.45) is 0 Å². The number of nitrogens with one attached hydrogen (secondary N) is 1. The van der Waals surface area contributed by atoms with Gasteiger partial charge in [0.05, 0.1) is 65.6 Å². The molecular formula is C20H33NO5. The van der Waals surface area contributed by atoms with E-state index in [4.69, 9.17) is 23.7 Å². The quantitative estimate of drug-likeness (QED) is 0.479. The Morgan fingerprint density at radius 1 is 0.692 bits per heavy atom. The molecule has 1 saturated heterocycles. The van der Waals surface area contributed by atoms with Crippen LogP contribution >= 0.6 is 0 Å². The van der Waals surface area contributed by atoms with Crippen LogP contribution in [0.15, 0.2) is 30.3 Å². The highest BCUT2D eigenvalue weighted by Crippen LogP contribution is 2.06. The van der Waals surface area contributed by atoms with Crippen LogP contribution in [-0.4, -0.2) is 72.0 Å². The Bertz CT molecular complexity index is 425. The van der Waals surface area contributed by atoms with Gasteiger partial charge in [-0.3, -0.25) is 0 Å². The van der Waals surface area contributed by atoms with E-state index in [1.54, 1.807) is 0 Å². The third-order valence-electron chi connectivity index (χ3n) is 4.09. The molecule has 6 heteroatoms. The first-order chi connectivity index (χ1) is 12.9. The normalized spacial score (nSPS) is 15.4. The van der Waals surface area contributed by atoms with Crippen molar-refractivity contribution in [3.63, 3.8) is 0 Å². The summed E-state index contributed by atoms with van der Waals surface area (Å²) < 4.78 is 27.7. The molecule has 0 unspecified atom stereocenters. The molecule has 0 saturated carbocycles. The summed E-state index contributed by atoms with van der Waals surface area (Å²) in [6, 6.07) is 10.1. The first-order valence-corrected chi connectivity index (χ1v) is 9.62. The molecule has 0 bridgehead atoms. The van der Waals surface area contributed by atoms with Crippen LogP contribution in [0.1, 0.15) is 18.4 Å². The number of ether oxygens (including phenoxy) is 5. The van der Waals surface area contributed by atoms with E-state index in [0.29, 0.717) is 65.6 Å². The molecule has 0 spiro atoms. The standard InChI is InChI=1S/C20H33NO5/c1-2-4-19(5-3-1)18-25-15-14-23-11-10-22-12-13-24-16-17-26-20-6-8-21-9-7-20/h1-5,20-21H,6-18H2. The van der Waals surface area contributed by atoms with Gasteiger partial charge < -0.3 is 29.0 Å². The molecule has 148 valence electrons. The summed E-state index contributed by atoms with van der Waals surface area (Å²) in [7, 11) is 0. The van der Waals surface area contributed by atoms with Gasteiger partial charge in [0, 0.05) is 0 Å². The molecular weight excluding hydrogens is 334 g/mol. The maximum absolute atomic E-state index is 5.77. The lowest BCUT2D eigenvalue weighted by molar-refractivity contribution is -0.0284. The smallest absolute Gasteiger partial charge is 0.0718 e. The molecule has 26 heavy (non-hydrogen) atoms. The second-order valence-electron chi connectivity index (χ2n) is 6.20. The zero-order valence-corrected chi connectivity index (χ0v) is 15.7. The summed E-state index contributed by atoms with van der Waals surface area (Å²) >= 11 is 0. The van der Waals surface area contributed by atoms with Gasteiger partial charge in [-0.2, -0.15) is 0 Å². The Morgan fingerprint density at radius 2 is 1.23 bits per heavy atom. The minimum absolute atomic E-state index is 0.393. The van der Waals surface area contributed by atoms with Crippen molar-refractivity contribution < 1.29 is 23.7 Å². The molecule has 1 aliphatic rings. The lowest BCUT2D eigenvalue weighted by Gasteiger charge is -2.22. The molecule has 1 heterocycles. The molecule has 6 nitrogen and oxygen atoms in total. The molecule has 0 atom stereocenters. The fourth-order valence-corrected chi connectivity index (χ4v) is 2.66. The van der Waals surface area contributed by atoms with Crippen LogP contribution in [0.4, 0.5) is 0 Å². The van der Waals surface area contributed by atoms with E-state index in [1.165, 1.54) is 5.56 Å². The van der Waals surface area contributed by atoms with Crippen LogP contribution in [-0.2, 0) is 30.3 Å². The number of benzene rings is 1. The van der Waals surface area contributed by atoms with Crippen molar-refractivity contribution in [2.45, 2.75) is 25.6 Å². The van der Waals surface area contributed by atoms with Crippen molar-refractivity contribution in [1.82, 2.24) is 5.32 Å². The van der Waals surface area contributed by atoms with Crippen LogP contribution in [0.3, 0.4) is 0 Å². The van der Waals surface area contributed by atoms with Gasteiger partial charge in [-0.05, 0) is 31.5 Å². The predicted octanol–water partition coefficient (Wildman–Crippen LogP) is 2.02. The van der Waals surface area contributed by atoms with E-state index < -0.39 is 0 Å². The van der Waals surface area contributed by atoms with Gasteiger partial charge in [-0.15, -0.1) is 0 Å². The fraction of sp³-hybridized carbons (Fsp3) is 0.700. The summed E-state index contributed by atoms with van der Waals surface area (Å²) in [5.74, 6) is 0. The lowest BCUT2D eigenvalue weighted by atomic mass is 10.1. The summed E-state index contributed by atoms with van der Waals surface area (Å²) in [6.07, 6.45) is 2.59. The maximum atomic E-state index is 5.77. The first kappa shape index (κ1) is 21.3. The average Bonchev–Trinajstić information content (AvgIpc) is 2.70. The minimum atomic E-state index is 0.393. The molecule has 0 aliphatic carbocycles. The van der Waals surface area contributed by atoms with E-state index in [1.807, 2.05) is 18.2 Å². The second kappa shape index (κ2) is 15.1. The van der Waals surface area contributed by atoms with E-state index in [-0.39, 0.29) is 0 Å². The zero-order valence-electron chi connectivity index (χ0n) is 15.7. The highest BCUT2D eigenvalue weighted by Gasteiger charge is 2.12. The first-order valence-electron chi connectivity index (χ1n) is 9.62. The van der Waals surface area contributed by atoms with E-state index in [9.17, 15) is 0 Å². The second-order valence-corrected chi connectivity index (χ2v) is 6.20. The Hall–Kier alpha value is -1.02. The molecule has 0 amide bonds. The van der Waals surface area contributed by atoms with Crippen LogP contribution < -0.4 is 5.32 Å². The molecule has 0 radical (unpaired) electrons. The molecule has 1 aromatic carbocycles. The maximum Gasteiger partial charge on any atom is 0.0718 e. The summed E-state index contributed by atoms with van der Waals surface area (Å²) in [6.45, 7) is 7.54. The molecule has 1 fully saturated rings. The largest absolute Gasteiger partial charge is 0.377 e. The highest BCUT2D eigenvalue weighted by molar-refractivity contribution is 5.13. The van der Waals surface area contributed by atoms with Crippen molar-refractivity contribution in [3.05, 3.63) is 35.9 Å². The van der Waals surface area contributed by atoms with Gasteiger partial charge in [0.25, 0.3) is 0 Å².